The molecule has 1 aromatic heterocycles. The summed E-state index contributed by atoms with van der Waals surface area (Å²) in [7, 11) is -3.96. The normalized spacial score (nSPS) is 11.4. The second-order valence-corrected chi connectivity index (χ2v) is 8.51. The van der Waals surface area contributed by atoms with Gasteiger partial charge in [0, 0.05) is 5.02 Å². The largest absolute Gasteiger partial charge is 0.458 e. The molecule has 0 spiro atoms. The van der Waals surface area contributed by atoms with E-state index in [4.69, 9.17) is 11.6 Å². The Morgan fingerprint density at radius 1 is 0.933 bits per heavy atom. The molecule has 0 aliphatic heterocycles. The van der Waals surface area contributed by atoms with Crippen LogP contribution in [0.15, 0.2) is 77.7 Å². The van der Waals surface area contributed by atoms with E-state index in [-0.39, 0.29) is 28.9 Å². The van der Waals surface area contributed by atoms with E-state index in [2.05, 4.69) is 20.0 Å². The van der Waals surface area contributed by atoms with E-state index in [0.29, 0.717) is 16.1 Å². The van der Waals surface area contributed by atoms with E-state index in [9.17, 15) is 12.8 Å². The molecule has 0 aliphatic rings. The van der Waals surface area contributed by atoms with Gasteiger partial charge in [-0.3, -0.25) is 4.72 Å². The van der Waals surface area contributed by atoms with Gasteiger partial charge in [0.15, 0.2) is 0 Å². The Balaban J connectivity index is 1.69. The molecule has 0 amide bonds. The highest BCUT2D eigenvalue weighted by atomic mass is 35.5. The van der Waals surface area contributed by atoms with Crippen LogP contribution in [0.5, 0.6) is 0 Å². The van der Waals surface area contributed by atoms with Crippen LogP contribution in [0.25, 0.3) is 16.4 Å². The zero-order valence-corrected chi connectivity index (χ0v) is 17.0. The first-order valence-electron chi connectivity index (χ1n) is 8.88. The van der Waals surface area contributed by atoms with Gasteiger partial charge in [0.2, 0.25) is 0 Å². The summed E-state index contributed by atoms with van der Waals surface area (Å²) in [5.74, 6) is -0.223. The Labute approximate surface area is 177 Å². The van der Waals surface area contributed by atoms with Crippen LogP contribution < -0.4 is 4.72 Å². The zero-order valence-electron chi connectivity index (χ0n) is 15.5. The Kier molecular flexibility index (Phi) is 5.52. The predicted octanol–water partition coefficient (Wildman–Crippen LogP) is 5.43. The summed E-state index contributed by atoms with van der Waals surface area (Å²) < 4.78 is 41.2. The lowest BCUT2D eigenvalue weighted by atomic mass is 10.2. The van der Waals surface area contributed by atoms with Crippen molar-refractivity contribution in [2.75, 3.05) is 4.72 Å². The van der Waals surface area contributed by atoms with E-state index in [1.807, 2.05) is 0 Å². The minimum Gasteiger partial charge on any atom is -0.458 e. The molecule has 1 heterocycles. The molecule has 0 radical (unpaired) electrons. The SMILES string of the molecule is O=S(=O)(Nc1nc2ccccc2nc1[N-]Cc1ccc(F)cc1)c1cccc(Cl)c1. The van der Waals surface area contributed by atoms with Crippen LogP contribution in [0.3, 0.4) is 0 Å². The number of halogens is 2. The quantitative estimate of drug-likeness (QED) is 0.432. The van der Waals surface area contributed by atoms with Crippen molar-refractivity contribution in [1.82, 2.24) is 9.97 Å². The van der Waals surface area contributed by atoms with Crippen LogP contribution in [-0.2, 0) is 16.6 Å². The van der Waals surface area contributed by atoms with E-state index in [1.54, 1.807) is 48.5 Å². The maximum atomic E-state index is 13.1. The van der Waals surface area contributed by atoms with E-state index in [0.717, 1.165) is 5.56 Å². The Morgan fingerprint density at radius 3 is 2.33 bits per heavy atom. The summed E-state index contributed by atoms with van der Waals surface area (Å²) in [6.45, 7) is 0.180. The first-order chi connectivity index (χ1) is 14.4. The maximum absolute atomic E-state index is 13.1. The molecule has 0 saturated carbocycles. The van der Waals surface area contributed by atoms with Crippen molar-refractivity contribution in [3.63, 3.8) is 0 Å². The topological polar surface area (TPSA) is 86.1 Å². The molecular weight excluding hydrogens is 427 g/mol. The van der Waals surface area contributed by atoms with Crippen molar-refractivity contribution in [2.24, 2.45) is 0 Å². The fourth-order valence-corrected chi connectivity index (χ4v) is 4.05. The van der Waals surface area contributed by atoms with Crippen LogP contribution in [-0.4, -0.2) is 18.4 Å². The summed E-state index contributed by atoms with van der Waals surface area (Å²) >= 11 is 5.93. The molecule has 0 saturated heterocycles. The van der Waals surface area contributed by atoms with Crippen molar-refractivity contribution in [3.05, 3.63) is 94.5 Å². The molecule has 0 aliphatic carbocycles. The molecule has 3 aromatic carbocycles. The monoisotopic (exact) mass is 441 g/mol. The first kappa shape index (κ1) is 20.1. The number of rotatable bonds is 6. The lowest BCUT2D eigenvalue weighted by Crippen LogP contribution is -2.14. The van der Waals surface area contributed by atoms with E-state index < -0.39 is 10.0 Å². The fraction of sp³-hybridized carbons (Fsp3) is 0.0476. The highest BCUT2D eigenvalue weighted by Crippen LogP contribution is 2.31. The van der Waals surface area contributed by atoms with Crippen molar-refractivity contribution in [2.45, 2.75) is 11.4 Å². The lowest BCUT2D eigenvalue weighted by Gasteiger charge is -2.21. The summed E-state index contributed by atoms with van der Waals surface area (Å²) in [5, 5.41) is 4.70. The zero-order chi connectivity index (χ0) is 21.1. The third kappa shape index (κ3) is 4.50. The van der Waals surface area contributed by atoms with Gasteiger partial charge in [0.25, 0.3) is 10.0 Å². The van der Waals surface area contributed by atoms with Crippen LogP contribution >= 0.6 is 11.6 Å². The third-order valence-corrected chi connectivity index (χ3v) is 5.79. The predicted molar refractivity (Wildman–Crippen MR) is 115 cm³/mol. The summed E-state index contributed by atoms with van der Waals surface area (Å²) in [6, 6.07) is 18.8. The van der Waals surface area contributed by atoms with Gasteiger partial charge >= 0.3 is 0 Å². The Morgan fingerprint density at radius 2 is 1.63 bits per heavy atom. The molecule has 0 bridgehead atoms. The van der Waals surface area contributed by atoms with Crippen LogP contribution in [0.1, 0.15) is 5.56 Å². The molecule has 152 valence electrons. The Bertz CT molecular complexity index is 1310. The number of anilines is 1. The summed E-state index contributed by atoms with van der Waals surface area (Å²) in [5.41, 5.74) is 1.83. The van der Waals surface area contributed by atoms with Crippen molar-refractivity contribution < 1.29 is 12.8 Å². The van der Waals surface area contributed by atoms with Crippen molar-refractivity contribution in [3.8, 4) is 0 Å². The number of hydrogen-bond acceptors (Lipinski definition) is 4. The van der Waals surface area contributed by atoms with Gasteiger partial charge in [0.05, 0.1) is 10.4 Å². The van der Waals surface area contributed by atoms with E-state index in [1.165, 1.54) is 24.3 Å². The molecular formula is C21H15ClFN4O2S-. The van der Waals surface area contributed by atoms with E-state index >= 15 is 0 Å². The Hall–Kier alpha value is -3.23. The number of hydrogen-bond donors (Lipinski definition) is 1. The highest BCUT2D eigenvalue weighted by Gasteiger charge is 2.16. The molecule has 6 nitrogen and oxygen atoms in total. The summed E-state index contributed by atoms with van der Waals surface area (Å²) in [4.78, 5) is 8.84. The van der Waals surface area contributed by atoms with Crippen LogP contribution in [0, 0.1) is 5.82 Å². The molecule has 4 rings (SSSR count). The number of sulfonamides is 1. The molecule has 0 fully saturated rings. The molecule has 0 atom stereocenters. The fourth-order valence-electron chi connectivity index (χ4n) is 2.75. The molecule has 0 unspecified atom stereocenters. The van der Waals surface area contributed by atoms with Crippen LogP contribution in [0.4, 0.5) is 16.0 Å². The second kappa shape index (κ2) is 8.25. The number of para-hydroxylation sites is 2. The van der Waals surface area contributed by atoms with Gasteiger partial charge in [-0.25, -0.2) is 17.8 Å². The van der Waals surface area contributed by atoms with Crippen molar-refractivity contribution >= 4 is 44.3 Å². The first-order valence-corrected chi connectivity index (χ1v) is 10.7. The number of benzene rings is 3. The molecule has 30 heavy (non-hydrogen) atoms. The smallest absolute Gasteiger partial charge is 0.263 e. The molecule has 1 N–H and O–H groups in total. The average molecular weight is 442 g/mol. The minimum absolute atomic E-state index is 0.00390. The number of nitrogens with zero attached hydrogens (tertiary/aromatic N) is 3. The maximum Gasteiger partial charge on any atom is 0.263 e. The summed E-state index contributed by atoms with van der Waals surface area (Å²) in [6.07, 6.45) is 0. The van der Waals surface area contributed by atoms with Gasteiger partial charge in [-0.15, -0.1) is 0 Å². The number of nitrogens with one attached hydrogen (secondary N) is 1. The molecule has 4 aromatic rings. The van der Waals surface area contributed by atoms with Gasteiger partial charge in [-0.1, -0.05) is 48.0 Å². The highest BCUT2D eigenvalue weighted by molar-refractivity contribution is 7.92. The van der Waals surface area contributed by atoms with Gasteiger partial charge in [0.1, 0.15) is 11.6 Å². The molecule has 9 heteroatoms. The second-order valence-electron chi connectivity index (χ2n) is 6.39. The van der Waals surface area contributed by atoms with Crippen LogP contribution in [0.2, 0.25) is 5.02 Å². The third-order valence-electron chi connectivity index (χ3n) is 4.21. The number of fused-ring (bicyclic) bond motifs is 1. The van der Waals surface area contributed by atoms with Gasteiger partial charge in [-0.05, 0) is 59.8 Å². The standard InChI is InChI=1S/C21H15ClFN4O2S/c22-15-4-3-5-17(12-15)30(28,29)27-21-20(24-13-14-8-10-16(23)11-9-14)25-18-6-1-2-7-19(18)26-21/h1-12H,13H2,(H-,24,25,26,27)/q-1. The van der Waals surface area contributed by atoms with Crippen molar-refractivity contribution in [1.29, 1.82) is 0 Å². The average Bonchev–Trinajstić information content (AvgIpc) is 2.73. The number of aromatic nitrogens is 2. The minimum atomic E-state index is -3.96. The van der Waals surface area contributed by atoms with Gasteiger partial charge < -0.3 is 10.3 Å². The van der Waals surface area contributed by atoms with Gasteiger partial charge in [-0.2, -0.15) is 0 Å². The lowest BCUT2D eigenvalue weighted by molar-refractivity contribution is 0.601.